The highest BCUT2D eigenvalue weighted by molar-refractivity contribution is 8.00. The molecule has 1 atom stereocenters. The minimum Gasteiger partial charge on any atom is -0.322 e. The molecule has 4 rings (SSSR count). The Balaban J connectivity index is 1.57. The molecule has 0 spiro atoms. The number of anilines is 2. The molecule has 1 heterocycles. The topological polar surface area (TPSA) is 49.4 Å². The van der Waals surface area contributed by atoms with Crippen LogP contribution in [0.1, 0.15) is 33.8 Å². The van der Waals surface area contributed by atoms with Gasteiger partial charge in [-0.3, -0.25) is 14.5 Å². The third-order valence-electron chi connectivity index (χ3n) is 5.03. The van der Waals surface area contributed by atoms with Gasteiger partial charge in [0.25, 0.3) is 5.91 Å². The predicted molar refractivity (Wildman–Crippen MR) is 119 cm³/mol. The number of thioether (sulfide) groups is 1. The maximum atomic E-state index is 14.3. The van der Waals surface area contributed by atoms with Gasteiger partial charge in [0.15, 0.2) is 0 Å². The zero-order chi connectivity index (χ0) is 21.1. The van der Waals surface area contributed by atoms with Crippen molar-refractivity contribution in [3.05, 3.63) is 95.3 Å². The summed E-state index contributed by atoms with van der Waals surface area (Å²) in [4.78, 5) is 26.6. The lowest BCUT2D eigenvalue weighted by Crippen LogP contribution is -2.28. The van der Waals surface area contributed by atoms with Crippen LogP contribution in [0.5, 0.6) is 0 Å². The number of hydrogen-bond acceptors (Lipinski definition) is 3. The molecular weight excluding hydrogens is 399 g/mol. The molecule has 30 heavy (non-hydrogen) atoms. The van der Waals surface area contributed by atoms with Crippen LogP contribution in [0.4, 0.5) is 15.8 Å². The summed E-state index contributed by atoms with van der Waals surface area (Å²) >= 11 is 1.44. The summed E-state index contributed by atoms with van der Waals surface area (Å²) in [7, 11) is 0. The molecule has 0 unspecified atom stereocenters. The Morgan fingerprint density at radius 3 is 2.60 bits per heavy atom. The third kappa shape index (κ3) is 4.09. The van der Waals surface area contributed by atoms with Crippen molar-refractivity contribution in [3.8, 4) is 0 Å². The molecule has 2 amide bonds. The van der Waals surface area contributed by atoms with Gasteiger partial charge in [-0.25, -0.2) is 4.39 Å². The van der Waals surface area contributed by atoms with Gasteiger partial charge in [0.2, 0.25) is 5.91 Å². The summed E-state index contributed by atoms with van der Waals surface area (Å²) in [6.07, 6.45) is 0.917. The van der Waals surface area contributed by atoms with Crippen LogP contribution in [0.25, 0.3) is 0 Å². The highest BCUT2D eigenvalue weighted by Gasteiger charge is 2.35. The number of aryl methyl sites for hydroxylation is 1. The molecule has 1 N–H and O–H groups in total. The molecule has 1 aliphatic rings. The lowest BCUT2D eigenvalue weighted by Gasteiger charge is -2.25. The molecule has 3 aromatic rings. The number of hydrogen-bond donors (Lipinski definition) is 1. The Kier molecular flexibility index (Phi) is 5.86. The van der Waals surface area contributed by atoms with Crippen molar-refractivity contribution < 1.29 is 14.0 Å². The summed E-state index contributed by atoms with van der Waals surface area (Å²) in [5.74, 6) is -0.492. The molecular formula is C24H21FN2O2S. The van der Waals surface area contributed by atoms with E-state index in [1.165, 1.54) is 28.3 Å². The number of rotatable bonds is 5. The van der Waals surface area contributed by atoms with Crippen molar-refractivity contribution in [2.75, 3.05) is 16.0 Å². The lowest BCUT2D eigenvalue weighted by molar-refractivity contribution is -0.115. The fourth-order valence-corrected chi connectivity index (χ4v) is 4.60. The Morgan fingerprint density at radius 2 is 1.87 bits per heavy atom. The molecule has 0 saturated carbocycles. The van der Waals surface area contributed by atoms with Crippen LogP contribution in [0.3, 0.4) is 0 Å². The smallest absolute Gasteiger partial charge is 0.255 e. The number of carbonyl (C=O) groups is 2. The van der Waals surface area contributed by atoms with E-state index in [4.69, 9.17) is 0 Å². The predicted octanol–water partition coefficient (Wildman–Crippen LogP) is 5.42. The van der Waals surface area contributed by atoms with E-state index in [-0.39, 0.29) is 28.6 Å². The third-order valence-corrected chi connectivity index (χ3v) is 6.25. The van der Waals surface area contributed by atoms with Gasteiger partial charge in [-0.05, 0) is 53.9 Å². The molecule has 4 nitrogen and oxygen atoms in total. The SMILES string of the molecule is CCc1ccc(C(=O)Nc2cccc([C@H]3SCC(=O)N3c3ccccc3F)c2)cc1. The molecule has 1 fully saturated rings. The second-order valence-corrected chi connectivity index (χ2v) is 8.08. The maximum absolute atomic E-state index is 14.3. The van der Waals surface area contributed by atoms with Crippen molar-refractivity contribution in [1.82, 2.24) is 0 Å². The van der Waals surface area contributed by atoms with E-state index in [1.807, 2.05) is 42.5 Å². The normalized spacial score (nSPS) is 16.0. The van der Waals surface area contributed by atoms with Crippen LogP contribution in [0.2, 0.25) is 0 Å². The highest BCUT2D eigenvalue weighted by Crippen LogP contribution is 2.42. The number of carbonyl (C=O) groups excluding carboxylic acids is 2. The van der Waals surface area contributed by atoms with Gasteiger partial charge < -0.3 is 5.32 Å². The number of benzene rings is 3. The summed E-state index contributed by atoms with van der Waals surface area (Å²) in [6.45, 7) is 2.07. The van der Waals surface area contributed by atoms with E-state index in [9.17, 15) is 14.0 Å². The maximum Gasteiger partial charge on any atom is 0.255 e. The largest absolute Gasteiger partial charge is 0.322 e. The van der Waals surface area contributed by atoms with Gasteiger partial charge in [0.1, 0.15) is 11.2 Å². The molecule has 1 aliphatic heterocycles. The van der Waals surface area contributed by atoms with Gasteiger partial charge in [0, 0.05) is 11.3 Å². The van der Waals surface area contributed by atoms with E-state index in [0.717, 1.165) is 12.0 Å². The summed E-state index contributed by atoms with van der Waals surface area (Å²) in [5.41, 5.74) is 3.47. The minimum atomic E-state index is -0.432. The monoisotopic (exact) mass is 420 g/mol. The fraction of sp³-hybridized carbons (Fsp3) is 0.167. The number of halogens is 1. The van der Waals surface area contributed by atoms with Crippen molar-refractivity contribution in [2.45, 2.75) is 18.7 Å². The molecule has 0 aliphatic carbocycles. The molecule has 0 aromatic heterocycles. The van der Waals surface area contributed by atoms with Gasteiger partial charge >= 0.3 is 0 Å². The first kappa shape index (κ1) is 20.2. The standard InChI is InChI=1S/C24H21FN2O2S/c1-2-16-10-12-17(13-11-16)23(29)26-19-7-5-6-18(14-19)24-27(22(28)15-30-24)21-9-4-3-8-20(21)25/h3-14,24H,2,15H2,1H3,(H,26,29)/t24-/m1/s1. The van der Waals surface area contributed by atoms with Gasteiger partial charge in [0.05, 0.1) is 11.4 Å². The fourth-order valence-electron chi connectivity index (χ4n) is 3.44. The van der Waals surface area contributed by atoms with Crippen molar-refractivity contribution >= 4 is 35.0 Å². The Morgan fingerprint density at radius 1 is 1.10 bits per heavy atom. The zero-order valence-electron chi connectivity index (χ0n) is 16.5. The second kappa shape index (κ2) is 8.71. The van der Waals surface area contributed by atoms with Gasteiger partial charge in [-0.2, -0.15) is 0 Å². The van der Waals surface area contributed by atoms with Gasteiger partial charge in [-0.15, -0.1) is 11.8 Å². The highest BCUT2D eigenvalue weighted by atomic mass is 32.2. The van der Waals surface area contributed by atoms with E-state index in [1.54, 1.807) is 24.3 Å². The first-order valence-corrected chi connectivity index (χ1v) is 10.8. The number of nitrogens with one attached hydrogen (secondary N) is 1. The van der Waals surface area contributed by atoms with Crippen LogP contribution in [-0.4, -0.2) is 17.6 Å². The van der Waals surface area contributed by atoms with E-state index >= 15 is 0 Å². The lowest BCUT2D eigenvalue weighted by atomic mass is 10.1. The first-order chi connectivity index (χ1) is 14.6. The number of amides is 2. The van der Waals surface area contributed by atoms with E-state index in [0.29, 0.717) is 11.3 Å². The van der Waals surface area contributed by atoms with Gasteiger partial charge in [-0.1, -0.05) is 43.3 Å². The zero-order valence-corrected chi connectivity index (χ0v) is 17.3. The molecule has 152 valence electrons. The average Bonchev–Trinajstić information content (AvgIpc) is 3.15. The number of nitrogens with zero attached hydrogens (tertiary/aromatic N) is 1. The Hall–Kier alpha value is -3.12. The summed E-state index contributed by atoms with van der Waals surface area (Å²) in [5, 5.41) is 2.56. The summed E-state index contributed by atoms with van der Waals surface area (Å²) < 4.78 is 14.3. The first-order valence-electron chi connectivity index (χ1n) is 9.75. The Bertz CT molecular complexity index is 1080. The van der Waals surface area contributed by atoms with Crippen LogP contribution in [0.15, 0.2) is 72.8 Å². The molecule has 3 aromatic carbocycles. The minimum absolute atomic E-state index is 0.138. The van der Waals surface area contributed by atoms with E-state index < -0.39 is 5.82 Å². The van der Waals surface area contributed by atoms with Crippen molar-refractivity contribution in [2.24, 2.45) is 0 Å². The number of para-hydroxylation sites is 1. The molecule has 0 radical (unpaired) electrons. The van der Waals surface area contributed by atoms with Crippen molar-refractivity contribution in [1.29, 1.82) is 0 Å². The Labute approximate surface area is 179 Å². The van der Waals surface area contributed by atoms with Crippen LogP contribution >= 0.6 is 11.8 Å². The van der Waals surface area contributed by atoms with Crippen LogP contribution in [0, 0.1) is 5.82 Å². The van der Waals surface area contributed by atoms with Crippen LogP contribution in [-0.2, 0) is 11.2 Å². The van der Waals surface area contributed by atoms with Crippen molar-refractivity contribution in [3.63, 3.8) is 0 Å². The summed E-state index contributed by atoms with van der Waals surface area (Å²) in [6, 6.07) is 21.1. The van der Waals surface area contributed by atoms with Crippen LogP contribution < -0.4 is 10.2 Å². The molecule has 6 heteroatoms. The second-order valence-electron chi connectivity index (χ2n) is 7.01. The quantitative estimate of drug-likeness (QED) is 0.600. The molecule has 1 saturated heterocycles. The van der Waals surface area contributed by atoms with E-state index in [2.05, 4.69) is 12.2 Å². The molecule has 0 bridgehead atoms. The average molecular weight is 421 g/mol.